The number of carboxylic acid groups (broad SMARTS) is 3. The molecule has 0 unspecified atom stereocenters. The lowest BCUT2D eigenvalue weighted by Gasteiger charge is -2.31. The number of aliphatic carboxylic acids is 3. The normalized spacial score (nSPS) is 20.9. The number of benzene rings is 3. The van der Waals surface area contributed by atoms with Gasteiger partial charge in [-0.15, -0.1) is 0 Å². The van der Waals surface area contributed by atoms with Crippen LogP contribution in [0, 0.1) is 0 Å². The molecule has 8 rings (SSSR count). The molecule has 5 heterocycles. The van der Waals surface area contributed by atoms with Crippen LogP contribution in [0.25, 0.3) is 10.9 Å². The first-order chi connectivity index (χ1) is 41.5. The Hall–Kier alpha value is -9.32. The lowest BCUT2D eigenvalue weighted by Crippen LogP contribution is -2.51. The predicted octanol–water partition coefficient (Wildman–Crippen LogP) is 7.24. The van der Waals surface area contributed by atoms with Crippen LogP contribution in [-0.2, 0) is 60.6 Å². The topological polar surface area (TPSA) is 397 Å². The van der Waals surface area contributed by atoms with Gasteiger partial charge in [-0.3, -0.25) is 24.2 Å². The van der Waals surface area contributed by atoms with Crippen molar-refractivity contribution in [3.63, 3.8) is 0 Å². The SMILES string of the molecule is CC(C)(C)OC(=O)N1[C@H](C(=O)O)C[C@@]2(O)c3ccc(NC(=O)C(F)(F)F)cc3N[C@@H]12.CC(C)(C)OC(=O)N1[C@H]2Nc3cc(NC(=O)C(F)(F)F)ccc3[C@@]2(O)C[C@H]1C(=O)O.CC(C)(C)OC(=O)N[C@@H](Cc1c[nH]c2cc(NC(=O)C(F)(F)F)ccc12)C(=O)O.CO. The number of amides is 6. The number of H-pyrrole nitrogens is 1. The summed E-state index contributed by atoms with van der Waals surface area (Å²) in [6, 6.07) is 7.11. The number of alkyl carbamates (subject to hydrolysis) is 1. The zero-order valence-corrected chi connectivity index (χ0v) is 49.7. The van der Waals surface area contributed by atoms with Gasteiger partial charge >= 0.3 is 72.4 Å². The van der Waals surface area contributed by atoms with Crippen LogP contribution < -0.4 is 31.9 Å². The number of fused-ring (bicyclic) bond motifs is 7. The molecule has 4 aliphatic rings. The maximum absolute atomic E-state index is 12.6. The number of aromatic amines is 1. The molecule has 91 heavy (non-hydrogen) atoms. The van der Waals surface area contributed by atoms with Gasteiger partial charge in [0.25, 0.3) is 0 Å². The lowest BCUT2D eigenvalue weighted by atomic mass is 9.91. The van der Waals surface area contributed by atoms with E-state index >= 15 is 0 Å². The van der Waals surface area contributed by atoms with Crippen molar-refractivity contribution in [3.05, 3.63) is 77.5 Å². The summed E-state index contributed by atoms with van der Waals surface area (Å²) in [6.07, 6.45) is -19.8. The lowest BCUT2D eigenvalue weighted by molar-refractivity contribution is -0.167. The van der Waals surface area contributed by atoms with Crippen molar-refractivity contribution >= 4 is 93.2 Å². The number of carbonyl (C=O) groups excluding carboxylic acids is 6. The average molecular weight is 1310 g/mol. The quantitative estimate of drug-likeness (QED) is 0.0580. The molecule has 6 amide bonds. The molecule has 4 aromatic rings. The van der Waals surface area contributed by atoms with Gasteiger partial charge in [0.05, 0.1) is 0 Å². The molecule has 2 fully saturated rings. The van der Waals surface area contributed by atoms with Gasteiger partial charge < -0.3 is 81.7 Å². The third-order valence-corrected chi connectivity index (χ3v) is 13.2. The van der Waals surface area contributed by atoms with E-state index in [0.29, 0.717) is 16.5 Å². The number of aliphatic hydroxyl groups excluding tert-OH is 1. The first-order valence-corrected chi connectivity index (χ1v) is 26.7. The fraction of sp³-hybridized carbons (Fsp3) is 0.473. The molecular formula is C55H64F9N9O18. The maximum atomic E-state index is 12.6. The summed E-state index contributed by atoms with van der Waals surface area (Å²) in [4.78, 5) is 110. The van der Waals surface area contributed by atoms with Crippen molar-refractivity contribution in [2.45, 2.75) is 159 Å². The van der Waals surface area contributed by atoms with Gasteiger partial charge in [0, 0.05) is 83.0 Å². The van der Waals surface area contributed by atoms with Gasteiger partial charge in [0.2, 0.25) is 0 Å². The molecule has 2 saturated heterocycles. The first-order valence-electron chi connectivity index (χ1n) is 26.7. The third kappa shape index (κ3) is 17.3. The summed E-state index contributed by atoms with van der Waals surface area (Å²) in [5.41, 5.74) is -5.16. The monoisotopic (exact) mass is 1310 g/mol. The predicted molar refractivity (Wildman–Crippen MR) is 299 cm³/mol. The highest BCUT2D eigenvalue weighted by Crippen LogP contribution is 2.52. The van der Waals surface area contributed by atoms with Crippen LogP contribution in [0.4, 0.5) is 82.3 Å². The number of carbonyl (C=O) groups is 9. The summed E-state index contributed by atoms with van der Waals surface area (Å²) in [7, 11) is 1.00. The highest BCUT2D eigenvalue weighted by Gasteiger charge is 2.63. The van der Waals surface area contributed by atoms with Crippen molar-refractivity contribution in [1.82, 2.24) is 20.1 Å². The number of hydrogen-bond acceptors (Lipinski definition) is 17. The number of likely N-dealkylation sites (tertiary alicyclic amines) is 2. The standard InChI is InChI=1S/2C18H20F3N3O6.C18H20F3N3O5.CH4O/c2*1-16(2,3)30-15(28)24-11(12(25)26)7-17(29)9-5-4-8(6-10(9)23-13(17)24)22-14(27)18(19,20)21;1-17(2,3)29-16(28)24-13(14(25)26)6-9-8-22-12-7-10(4-5-11(9)12)23-15(27)18(19,20)21;1-2/h2*4-6,11,13,23,29H,7H2,1-3H3,(H,22,27)(H,25,26);4-5,7-8,13,22H,6H2,1-3H3,(H,23,27)(H,24,28)(H,25,26);2H,1H3/t11-,13+,17-;11-,13-,17+;13-;/m000./s1. The average Bonchev–Trinajstić information content (AvgIpc) is 1.57. The Kier molecular flexibility index (Phi) is 20.9. The number of rotatable bonds is 9. The van der Waals surface area contributed by atoms with Gasteiger partial charge in [-0.05, 0) is 104 Å². The van der Waals surface area contributed by atoms with E-state index < -0.39 is 131 Å². The number of aliphatic hydroxyl groups is 3. The van der Waals surface area contributed by atoms with E-state index in [1.54, 1.807) is 78.3 Å². The number of hydrogen-bond donors (Lipinski definition) is 13. The molecule has 0 aliphatic carbocycles. The van der Waals surface area contributed by atoms with Crippen LogP contribution >= 0.6 is 0 Å². The summed E-state index contributed by atoms with van der Waals surface area (Å²) >= 11 is 0. The van der Waals surface area contributed by atoms with E-state index in [0.717, 1.165) is 41.2 Å². The van der Waals surface area contributed by atoms with Gasteiger partial charge in [-0.25, -0.2) is 28.8 Å². The Morgan fingerprint density at radius 2 is 0.912 bits per heavy atom. The Morgan fingerprint density at radius 3 is 1.24 bits per heavy atom. The number of nitrogens with one attached hydrogen (secondary N) is 7. The van der Waals surface area contributed by atoms with Crippen molar-refractivity contribution < 1.29 is 128 Å². The van der Waals surface area contributed by atoms with Crippen molar-refractivity contribution in [1.29, 1.82) is 0 Å². The summed E-state index contributed by atoms with van der Waals surface area (Å²) in [5, 5.41) is 71.3. The highest BCUT2D eigenvalue weighted by atomic mass is 19.4. The molecule has 0 saturated carbocycles. The Balaban J connectivity index is 0.000000245. The van der Waals surface area contributed by atoms with Gasteiger partial charge in [0.15, 0.2) is 0 Å². The molecule has 500 valence electrons. The fourth-order valence-electron chi connectivity index (χ4n) is 9.67. The maximum Gasteiger partial charge on any atom is 0.471 e. The summed E-state index contributed by atoms with van der Waals surface area (Å²) < 4.78 is 127. The second-order valence-corrected chi connectivity index (χ2v) is 23.5. The number of aromatic nitrogens is 1. The van der Waals surface area contributed by atoms with Gasteiger partial charge in [0.1, 0.15) is 58.5 Å². The number of carboxylic acids is 3. The number of ether oxygens (including phenoxy) is 3. The highest BCUT2D eigenvalue weighted by molar-refractivity contribution is 5.98. The molecule has 0 radical (unpaired) electrons. The van der Waals surface area contributed by atoms with E-state index in [9.17, 15) is 108 Å². The first kappa shape index (κ1) is 72.4. The van der Waals surface area contributed by atoms with Crippen molar-refractivity contribution in [2.24, 2.45) is 0 Å². The summed E-state index contributed by atoms with van der Waals surface area (Å²) in [6.45, 7) is 14.5. The van der Waals surface area contributed by atoms with Crippen molar-refractivity contribution in [2.75, 3.05) is 33.7 Å². The van der Waals surface area contributed by atoms with Crippen LogP contribution in [0.15, 0.2) is 60.8 Å². The number of nitrogens with zero attached hydrogens (tertiary/aromatic N) is 2. The van der Waals surface area contributed by atoms with Gasteiger partial charge in [-0.1, -0.05) is 18.2 Å². The molecule has 0 spiro atoms. The van der Waals surface area contributed by atoms with Crippen LogP contribution in [0.1, 0.15) is 91.8 Å². The molecular weight excluding hydrogens is 1250 g/mol. The van der Waals surface area contributed by atoms with Gasteiger partial charge in [-0.2, -0.15) is 39.5 Å². The van der Waals surface area contributed by atoms with Crippen molar-refractivity contribution in [3.8, 4) is 0 Å². The van der Waals surface area contributed by atoms with E-state index in [1.807, 2.05) is 0 Å². The largest absolute Gasteiger partial charge is 0.480 e. The van der Waals surface area contributed by atoms with E-state index in [4.69, 9.17) is 19.3 Å². The second kappa shape index (κ2) is 26.3. The zero-order valence-electron chi connectivity index (χ0n) is 49.7. The Labute approximate surface area is 509 Å². The van der Waals surface area contributed by atoms with Crippen LogP contribution in [0.2, 0.25) is 0 Å². The molecule has 13 N–H and O–H groups in total. The van der Waals surface area contributed by atoms with Crippen LogP contribution in [-0.4, -0.2) is 172 Å². The Bertz CT molecular complexity index is 3320. The minimum atomic E-state index is -5.08. The molecule has 4 aliphatic heterocycles. The summed E-state index contributed by atoms with van der Waals surface area (Å²) in [5.74, 6) is -10.4. The minimum Gasteiger partial charge on any atom is -0.480 e. The Morgan fingerprint density at radius 1 is 0.560 bits per heavy atom. The van der Waals surface area contributed by atoms with E-state index in [2.05, 4.69) is 20.9 Å². The number of anilines is 5. The third-order valence-electron chi connectivity index (χ3n) is 13.2. The second-order valence-electron chi connectivity index (χ2n) is 23.5. The van der Waals surface area contributed by atoms with Crippen LogP contribution in [0.5, 0.6) is 0 Å². The molecule has 36 heteroatoms. The van der Waals surface area contributed by atoms with E-state index in [-0.39, 0.29) is 58.8 Å². The number of halogens is 9. The molecule has 1 aromatic heterocycles. The van der Waals surface area contributed by atoms with E-state index in [1.165, 1.54) is 36.5 Å². The fourth-order valence-corrected chi connectivity index (χ4v) is 9.67. The molecule has 7 atom stereocenters. The smallest absolute Gasteiger partial charge is 0.471 e. The zero-order chi connectivity index (χ0) is 69.3. The molecule has 3 aromatic carbocycles. The minimum absolute atomic E-state index is 0.0742. The van der Waals surface area contributed by atoms with Crippen LogP contribution in [0.3, 0.4) is 0 Å². The molecule has 0 bridgehead atoms. The molecule has 27 nitrogen and oxygen atoms in total. The number of alkyl halides is 9.